The van der Waals surface area contributed by atoms with Crippen molar-refractivity contribution in [1.29, 1.82) is 0 Å². The molecule has 0 radical (unpaired) electrons. The van der Waals surface area contributed by atoms with Crippen molar-refractivity contribution >= 4 is 16.8 Å². The number of hydrogen-bond acceptors (Lipinski definition) is 5. The average molecular weight is 334 g/mol. The third-order valence-corrected chi connectivity index (χ3v) is 3.68. The molecule has 0 fully saturated rings. The lowest BCUT2D eigenvalue weighted by molar-refractivity contribution is -0.121. The fourth-order valence-electron chi connectivity index (χ4n) is 2.39. The predicted octanol–water partition coefficient (Wildman–Crippen LogP) is 1.24. The Morgan fingerprint density at radius 1 is 1.12 bits per heavy atom. The average Bonchev–Trinajstić information content (AvgIpc) is 2.59. The van der Waals surface area contributed by atoms with E-state index in [-0.39, 0.29) is 17.9 Å². The van der Waals surface area contributed by atoms with Crippen molar-refractivity contribution in [2.45, 2.75) is 12.8 Å². The van der Waals surface area contributed by atoms with Crippen LogP contribution >= 0.6 is 0 Å². The van der Waals surface area contributed by atoms with Crippen LogP contribution in [-0.4, -0.2) is 45.4 Å². The molecule has 7 nitrogen and oxygen atoms in total. The second kappa shape index (κ2) is 8.35. The quantitative estimate of drug-likeness (QED) is 0.709. The van der Waals surface area contributed by atoms with Gasteiger partial charge in [0, 0.05) is 37.1 Å². The van der Waals surface area contributed by atoms with Gasteiger partial charge in [-0.3, -0.25) is 9.59 Å². The van der Waals surface area contributed by atoms with Crippen LogP contribution in [0.5, 0.6) is 11.5 Å². The Kier molecular flexibility index (Phi) is 6.20. The molecule has 0 aliphatic heterocycles. The van der Waals surface area contributed by atoms with Crippen molar-refractivity contribution < 1.29 is 19.0 Å². The number of aromatic amines is 1. The van der Waals surface area contributed by atoms with Gasteiger partial charge < -0.3 is 24.5 Å². The van der Waals surface area contributed by atoms with Crippen molar-refractivity contribution in [3.05, 3.63) is 34.1 Å². The minimum Gasteiger partial charge on any atom is -0.493 e. The van der Waals surface area contributed by atoms with E-state index in [1.807, 2.05) is 0 Å². The number of carbonyl (C=O) groups is 1. The molecule has 0 atom stereocenters. The van der Waals surface area contributed by atoms with Gasteiger partial charge in [0.1, 0.15) is 0 Å². The highest BCUT2D eigenvalue weighted by molar-refractivity contribution is 5.83. The minimum absolute atomic E-state index is 0.112. The van der Waals surface area contributed by atoms with E-state index in [9.17, 15) is 9.59 Å². The van der Waals surface area contributed by atoms with Gasteiger partial charge in [-0.05, 0) is 18.6 Å². The van der Waals surface area contributed by atoms with Gasteiger partial charge in [-0.15, -0.1) is 0 Å². The molecule has 0 saturated heterocycles. The van der Waals surface area contributed by atoms with Gasteiger partial charge in [-0.1, -0.05) is 0 Å². The summed E-state index contributed by atoms with van der Waals surface area (Å²) in [6.07, 6.45) is 0.601. The lowest BCUT2D eigenvalue weighted by atomic mass is 10.1. The number of amides is 1. The van der Waals surface area contributed by atoms with Gasteiger partial charge in [-0.25, -0.2) is 0 Å². The Labute approximate surface area is 139 Å². The van der Waals surface area contributed by atoms with E-state index in [0.29, 0.717) is 42.2 Å². The standard InChI is InChI=1S/C17H22N2O5/c1-22-7-6-18-16(20)5-4-11-8-12-9-14(23-2)15(24-3)10-13(12)19-17(11)21/h8-10H,4-7H2,1-3H3,(H,18,20)(H,19,21). The molecule has 1 aromatic heterocycles. The van der Waals surface area contributed by atoms with Gasteiger partial charge in [0.15, 0.2) is 11.5 Å². The van der Waals surface area contributed by atoms with Gasteiger partial charge in [0.05, 0.1) is 26.3 Å². The number of fused-ring (bicyclic) bond motifs is 1. The van der Waals surface area contributed by atoms with E-state index in [0.717, 1.165) is 5.39 Å². The summed E-state index contributed by atoms with van der Waals surface area (Å²) in [5.74, 6) is 1.02. The maximum Gasteiger partial charge on any atom is 0.251 e. The first-order valence-corrected chi connectivity index (χ1v) is 7.62. The molecular weight excluding hydrogens is 312 g/mol. The highest BCUT2D eigenvalue weighted by atomic mass is 16.5. The molecule has 2 aromatic rings. The highest BCUT2D eigenvalue weighted by Crippen LogP contribution is 2.31. The normalized spacial score (nSPS) is 10.6. The summed E-state index contributed by atoms with van der Waals surface area (Å²) in [6, 6.07) is 5.29. The zero-order valence-corrected chi connectivity index (χ0v) is 14.1. The molecule has 130 valence electrons. The monoisotopic (exact) mass is 334 g/mol. The molecular formula is C17H22N2O5. The maximum atomic E-state index is 12.2. The lowest BCUT2D eigenvalue weighted by Crippen LogP contribution is -2.27. The molecule has 2 N–H and O–H groups in total. The fourth-order valence-corrected chi connectivity index (χ4v) is 2.39. The summed E-state index contributed by atoms with van der Waals surface area (Å²) in [7, 11) is 4.67. The van der Waals surface area contributed by atoms with Crippen molar-refractivity contribution in [1.82, 2.24) is 10.3 Å². The van der Waals surface area contributed by atoms with Gasteiger partial charge in [0.2, 0.25) is 5.91 Å². The number of aryl methyl sites for hydroxylation is 1. The Balaban J connectivity index is 2.17. The van der Waals surface area contributed by atoms with Crippen LogP contribution in [0.15, 0.2) is 23.0 Å². The van der Waals surface area contributed by atoms with Crippen molar-refractivity contribution in [2.75, 3.05) is 34.5 Å². The largest absolute Gasteiger partial charge is 0.493 e. The maximum absolute atomic E-state index is 12.2. The second-order valence-corrected chi connectivity index (χ2v) is 5.26. The molecule has 1 amide bonds. The summed E-state index contributed by atoms with van der Waals surface area (Å²) in [5.41, 5.74) is 1.00. The van der Waals surface area contributed by atoms with Crippen molar-refractivity contribution in [2.24, 2.45) is 0 Å². The molecule has 1 heterocycles. The molecule has 2 rings (SSSR count). The first-order valence-electron chi connectivity index (χ1n) is 7.62. The number of benzene rings is 1. The van der Waals surface area contributed by atoms with Crippen LogP contribution in [0, 0.1) is 0 Å². The topological polar surface area (TPSA) is 89.7 Å². The van der Waals surface area contributed by atoms with Crippen LogP contribution in [0.25, 0.3) is 10.9 Å². The minimum atomic E-state index is -0.209. The summed E-state index contributed by atoms with van der Waals surface area (Å²) in [5, 5.41) is 3.55. The third-order valence-electron chi connectivity index (χ3n) is 3.68. The van der Waals surface area contributed by atoms with Gasteiger partial charge in [0.25, 0.3) is 5.56 Å². The van der Waals surface area contributed by atoms with Crippen LogP contribution in [0.2, 0.25) is 0 Å². The number of ether oxygens (including phenoxy) is 3. The van der Waals surface area contributed by atoms with Crippen LogP contribution in [0.3, 0.4) is 0 Å². The lowest BCUT2D eigenvalue weighted by Gasteiger charge is -2.10. The van der Waals surface area contributed by atoms with E-state index in [1.54, 1.807) is 39.5 Å². The highest BCUT2D eigenvalue weighted by Gasteiger charge is 2.10. The molecule has 0 aliphatic carbocycles. The SMILES string of the molecule is COCCNC(=O)CCc1cc2cc(OC)c(OC)cc2[nH]c1=O. The molecule has 0 unspecified atom stereocenters. The van der Waals surface area contributed by atoms with E-state index in [4.69, 9.17) is 14.2 Å². The van der Waals surface area contributed by atoms with Crippen LogP contribution in [-0.2, 0) is 16.0 Å². The van der Waals surface area contributed by atoms with E-state index >= 15 is 0 Å². The molecule has 0 bridgehead atoms. The zero-order valence-electron chi connectivity index (χ0n) is 14.1. The number of nitrogens with one attached hydrogen (secondary N) is 2. The molecule has 0 saturated carbocycles. The summed E-state index contributed by atoms with van der Waals surface area (Å²) < 4.78 is 15.4. The molecule has 0 spiro atoms. The Morgan fingerprint density at radius 3 is 2.50 bits per heavy atom. The number of carbonyl (C=O) groups excluding carboxylic acids is 1. The Hall–Kier alpha value is -2.54. The van der Waals surface area contributed by atoms with Crippen LogP contribution in [0.4, 0.5) is 0 Å². The summed E-state index contributed by atoms with van der Waals surface area (Å²) in [6.45, 7) is 0.921. The smallest absolute Gasteiger partial charge is 0.251 e. The number of hydrogen-bond donors (Lipinski definition) is 2. The van der Waals surface area contributed by atoms with E-state index in [1.165, 1.54) is 0 Å². The zero-order chi connectivity index (χ0) is 17.5. The molecule has 1 aromatic carbocycles. The number of pyridine rings is 1. The van der Waals surface area contributed by atoms with E-state index < -0.39 is 0 Å². The van der Waals surface area contributed by atoms with Crippen molar-refractivity contribution in [3.63, 3.8) is 0 Å². The Bertz CT molecular complexity index is 769. The third kappa shape index (κ3) is 4.26. The van der Waals surface area contributed by atoms with Crippen molar-refractivity contribution in [3.8, 4) is 11.5 Å². The van der Waals surface area contributed by atoms with Gasteiger partial charge >= 0.3 is 0 Å². The number of methoxy groups -OCH3 is 3. The van der Waals surface area contributed by atoms with Gasteiger partial charge in [-0.2, -0.15) is 0 Å². The molecule has 24 heavy (non-hydrogen) atoms. The van der Waals surface area contributed by atoms with E-state index in [2.05, 4.69) is 10.3 Å². The molecule has 0 aliphatic rings. The fraction of sp³-hybridized carbons (Fsp3) is 0.412. The van der Waals surface area contributed by atoms with Crippen LogP contribution in [0.1, 0.15) is 12.0 Å². The first-order chi connectivity index (χ1) is 11.6. The summed E-state index contributed by atoms with van der Waals surface area (Å²) in [4.78, 5) is 26.7. The summed E-state index contributed by atoms with van der Waals surface area (Å²) >= 11 is 0. The second-order valence-electron chi connectivity index (χ2n) is 5.26. The predicted molar refractivity (Wildman–Crippen MR) is 90.9 cm³/mol. The molecule has 7 heteroatoms. The number of rotatable bonds is 8. The Morgan fingerprint density at radius 2 is 1.83 bits per heavy atom. The number of aromatic nitrogens is 1. The van der Waals surface area contributed by atoms with Crippen LogP contribution < -0.4 is 20.3 Å². The first kappa shape index (κ1) is 17.8. The number of H-pyrrole nitrogens is 1.